The third-order valence-electron chi connectivity index (χ3n) is 3.62. The minimum absolute atomic E-state index is 0.406. The molecular weight excluding hydrogens is 202 g/mol. The van der Waals surface area contributed by atoms with Gasteiger partial charge in [-0.2, -0.15) is 5.26 Å². The Morgan fingerprint density at radius 1 is 1.56 bits per heavy atom. The zero-order valence-corrected chi connectivity index (χ0v) is 9.98. The Kier molecular flexibility index (Phi) is 4.60. The second-order valence-corrected chi connectivity index (χ2v) is 4.77. The summed E-state index contributed by atoms with van der Waals surface area (Å²) in [4.78, 5) is 2.70. The molecule has 88 valence electrons. The highest BCUT2D eigenvalue weighted by atomic mass is 15.1. The molecule has 5 nitrogen and oxygen atoms in total. The first-order valence-corrected chi connectivity index (χ1v) is 5.81. The summed E-state index contributed by atoms with van der Waals surface area (Å²) in [5.74, 6) is 1.26. The molecule has 3 atom stereocenters. The fraction of sp³-hybridized carbons (Fsp3) is 0.909. The van der Waals surface area contributed by atoms with Gasteiger partial charge in [0.1, 0.15) is 5.54 Å². The van der Waals surface area contributed by atoms with Gasteiger partial charge in [0.2, 0.25) is 0 Å². The molecule has 0 heterocycles. The Labute approximate surface area is 96.5 Å². The summed E-state index contributed by atoms with van der Waals surface area (Å²) in [7, 11) is 0. The van der Waals surface area contributed by atoms with Crippen molar-refractivity contribution < 1.29 is 0 Å². The van der Waals surface area contributed by atoms with E-state index < -0.39 is 5.54 Å². The van der Waals surface area contributed by atoms with Crippen LogP contribution >= 0.6 is 0 Å². The van der Waals surface area contributed by atoms with Gasteiger partial charge in [-0.15, -0.1) is 0 Å². The molecule has 0 amide bonds. The molecule has 1 rings (SSSR count). The van der Waals surface area contributed by atoms with Gasteiger partial charge in [-0.1, -0.05) is 19.0 Å². The van der Waals surface area contributed by atoms with Crippen LogP contribution in [0.2, 0.25) is 0 Å². The molecule has 0 radical (unpaired) electrons. The lowest BCUT2D eigenvalue weighted by atomic mass is 9.72. The van der Waals surface area contributed by atoms with Crippen LogP contribution in [0.1, 0.15) is 33.1 Å². The van der Waals surface area contributed by atoms with Crippen molar-refractivity contribution in [3.63, 3.8) is 0 Å². The number of nitrogens with one attached hydrogen (secondary N) is 1. The highest BCUT2D eigenvalue weighted by Gasteiger charge is 2.37. The van der Waals surface area contributed by atoms with E-state index in [0.717, 1.165) is 19.3 Å². The first-order valence-electron chi connectivity index (χ1n) is 5.81. The first-order chi connectivity index (χ1) is 7.63. The molecule has 3 unspecified atom stereocenters. The average molecular weight is 221 g/mol. The van der Waals surface area contributed by atoms with E-state index in [2.05, 4.69) is 35.3 Å². The van der Waals surface area contributed by atoms with E-state index in [9.17, 15) is 5.26 Å². The Morgan fingerprint density at radius 3 is 2.88 bits per heavy atom. The van der Waals surface area contributed by atoms with E-state index in [1.165, 1.54) is 0 Å². The van der Waals surface area contributed by atoms with Gasteiger partial charge in [-0.3, -0.25) is 5.32 Å². The molecule has 0 aromatic rings. The van der Waals surface area contributed by atoms with E-state index >= 15 is 0 Å². The van der Waals surface area contributed by atoms with Gasteiger partial charge < -0.3 is 0 Å². The van der Waals surface area contributed by atoms with Crippen LogP contribution in [-0.2, 0) is 0 Å². The first kappa shape index (κ1) is 12.8. The highest BCUT2D eigenvalue weighted by Crippen LogP contribution is 2.35. The monoisotopic (exact) mass is 221 g/mol. The van der Waals surface area contributed by atoms with Crippen molar-refractivity contribution in [2.24, 2.45) is 17.0 Å². The van der Waals surface area contributed by atoms with Crippen LogP contribution in [0.15, 0.2) is 5.11 Å². The fourth-order valence-electron chi connectivity index (χ4n) is 2.30. The summed E-state index contributed by atoms with van der Waals surface area (Å²) in [6.07, 6.45) is 2.87. The van der Waals surface area contributed by atoms with Crippen molar-refractivity contribution in [2.75, 3.05) is 13.1 Å². The second-order valence-electron chi connectivity index (χ2n) is 4.77. The smallest absolute Gasteiger partial charge is 0.107 e. The van der Waals surface area contributed by atoms with Gasteiger partial charge in [0.15, 0.2) is 0 Å². The summed E-state index contributed by atoms with van der Waals surface area (Å²) in [5, 5.41) is 16.0. The molecular formula is C11H19N5. The third-order valence-corrected chi connectivity index (χ3v) is 3.62. The number of nitriles is 1. The minimum atomic E-state index is -0.406. The normalized spacial score (nSPS) is 33.8. The van der Waals surface area contributed by atoms with Crippen molar-refractivity contribution >= 4 is 0 Å². The van der Waals surface area contributed by atoms with E-state index in [0.29, 0.717) is 24.9 Å². The maximum absolute atomic E-state index is 9.29. The van der Waals surface area contributed by atoms with Crippen LogP contribution < -0.4 is 5.32 Å². The molecule has 0 aromatic heterocycles. The van der Waals surface area contributed by atoms with Gasteiger partial charge >= 0.3 is 0 Å². The second kappa shape index (κ2) is 5.74. The molecule has 0 aliphatic heterocycles. The summed E-state index contributed by atoms with van der Waals surface area (Å²) in [5.41, 5.74) is 7.76. The number of hydrogen-bond donors (Lipinski definition) is 1. The Morgan fingerprint density at radius 2 is 2.31 bits per heavy atom. The van der Waals surface area contributed by atoms with E-state index in [1.54, 1.807) is 0 Å². The molecule has 5 heteroatoms. The number of azide groups is 1. The molecule has 1 saturated carbocycles. The van der Waals surface area contributed by atoms with Gasteiger partial charge in [0, 0.05) is 18.0 Å². The fourth-order valence-corrected chi connectivity index (χ4v) is 2.30. The molecule has 16 heavy (non-hydrogen) atoms. The Balaban J connectivity index is 2.51. The van der Waals surface area contributed by atoms with Crippen LogP contribution in [0, 0.1) is 23.2 Å². The molecule has 1 N–H and O–H groups in total. The highest BCUT2D eigenvalue weighted by molar-refractivity contribution is 5.10. The van der Waals surface area contributed by atoms with E-state index in [-0.39, 0.29) is 0 Å². The molecule has 0 spiro atoms. The molecule has 0 bridgehead atoms. The molecule has 1 aliphatic carbocycles. The topological polar surface area (TPSA) is 84.6 Å². The van der Waals surface area contributed by atoms with Crippen LogP contribution in [0.4, 0.5) is 0 Å². The third kappa shape index (κ3) is 3.13. The lowest BCUT2D eigenvalue weighted by Crippen LogP contribution is -2.49. The minimum Gasteiger partial charge on any atom is -0.299 e. The molecule has 0 saturated heterocycles. The van der Waals surface area contributed by atoms with E-state index in [4.69, 9.17) is 5.53 Å². The standard InChI is InChI=1S/C11H19N5/c1-9-3-4-11(8-12,7-10(9)2)14-5-6-15-16-13/h9-10,14H,3-7H2,1-2H3. The van der Waals surface area contributed by atoms with Gasteiger partial charge in [-0.25, -0.2) is 0 Å². The molecule has 1 aliphatic rings. The van der Waals surface area contributed by atoms with Crippen molar-refractivity contribution in [2.45, 2.75) is 38.6 Å². The summed E-state index contributed by atoms with van der Waals surface area (Å²) in [6.45, 7) is 5.43. The summed E-state index contributed by atoms with van der Waals surface area (Å²) >= 11 is 0. The lowest BCUT2D eigenvalue weighted by molar-refractivity contribution is 0.184. The van der Waals surface area contributed by atoms with Gasteiger partial charge in [0.05, 0.1) is 6.07 Å². The maximum Gasteiger partial charge on any atom is 0.107 e. The SMILES string of the molecule is CC1CCC(C#N)(NCCN=[N+]=[N-])CC1C. The van der Waals surface area contributed by atoms with Crippen LogP contribution in [0.3, 0.4) is 0 Å². The zero-order chi connectivity index (χ0) is 12.0. The van der Waals surface area contributed by atoms with Crippen molar-refractivity contribution in [1.82, 2.24) is 5.32 Å². The molecule has 1 fully saturated rings. The van der Waals surface area contributed by atoms with Gasteiger partial charge in [-0.05, 0) is 36.6 Å². The van der Waals surface area contributed by atoms with Crippen LogP contribution in [-0.4, -0.2) is 18.6 Å². The lowest BCUT2D eigenvalue weighted by Gasteiger charge is -2.38. The van der Waals surface area contributed by atoms with Gasteiger partial charge in [0.25, 0.3) is 0 Å². The predicted octanol–water partition coefficient (Wildman–Crippen LogP) is 2.60. The zero-order valence-electron chi connectivity index (χ0n) is 9.98. The van der Waals surface area contributed by atoms with Crippen molar-refractivity contribution in [1.29, 1.82) is 5.26 Å². The van der Waals surface area contributed by atoms with Crippen LogP contribution in [0.25, 0.3) is 10.4 Å². The Hall–Kier alpha value is -1.24. The predicted molar refractivity (Wildman–Crippen MR) is 62.5 cm³/mol. The van der Waals surface area contributed by atoms with Crippen LogP contribution in [0.5, 0.6) is 0 Å². The average Bonchev–Trinajstić information content (AvgIpc) is 2.30. The quantitative estimate of drug-likeness (QED) is 0.342. The maximum atomic E-state index is 9.29. The van der Waals surface area contributed by atoms with E-state index in [1.807, 2.05) is 0 Å². The summed E-state index contributed by atoms with van der Waals surface area (Å²) in [6, 6.07) is 2.40. The number of nitrogens with zero attached hydrogens (tertiary/aromatic N) is 4. The number of hydrogen-bond acceptors (Lipinski definition) is 3. The van der Waals surface area contributed by atoms with Crippen molar-refractivity contribution in [3.05, 3.63) is 10.4 Å². The van der Waals surface area contributed by atoms with Crippen molar-refractivity contribution in [3.8, 4) is 6.07 Å². The molecule has 0 aromatic carbocycles. The number of rotatable bonds is 4. The largest absolute Gasteiger partial charge is 0.299 e. The Bertz CT molecular complexity index is 315. The summed E-state index contributed by atoms with van der Waals surface area (Å²) < 4.78 is 0.